The van der Waals surface area contributed by atoms with E-state index >= 15 is 0 Å². The second-order valence-electron chi connectivity index (χ2n) is 5.70. The number of amides is 1. The Labute approximate surface area is 125 Å². The van der Waals surface area contributed by atoms with Crippen LogP contribution < -0.4 is 21.1 Å². The van der Waals surface area contributed by atoms with Crippen LogP contribution in [-0.2, 0) is 4.79 Å². The number of nitrogens with one attached hydrogen (secondary N) is 2. The van der Waals surface area contributed by atoms with Gasteiger partial charge in [-0.05, 0) is 32.9 Å². The van der Waals surface area contributed by atoms with Gasteiger partial charge in [0.2, 0.25) is 5.91 Å². The summed E-state index contributed by atoms with van der Waals surface area (Å²) >= 11 is 0. The van der Waals surface area contributed by atoms with Crippen molar-refractivity contribution < 1.29 is 9.53 Å². The summed E-state index contributed by atoms with van der Waals surface area (Å²) in [6.07, 6.45) is 0. The van der Waals surface area contributed by atoms with Crippen molar-refractivity contribution in [2.24, 2.45) is 10.7 Å². The molecule has 21 heavy (non-hydrogen) atoms. The number of carbonyl (C=O) groups is 1. The minimum Gasteiger partial charge on any atom is -0.492 e. The van der Waals surface area contributed by atoms with Crippen LogP contribution in [0.3, 0.4) is 0 Å². The van der Waals surface area contributed by atoms with Gasteiger partial charge < -0.3 is 21.1 Å². The molecule has 116 valence electrons. The van der Waals surface area contributed by atoms with Gasteiger partial charge in [0.25, 0.3) is 0 Å². The Morgan fingerprint density at radius 3 is 2.71 bits per heavy atom. The van der Waals surface area contributed by atoms with Gasteiger partial charge in [0.1, 0.15) is 12.4 Å². The summed E-state index contributed by atoms with van der Waals surface area (Å²) in [6.45, 7) is 8.38. The number of aliphatic imine (C=N–C) groups is 1. The Morgan fingerprint density at radius 2 is 2.10 bits per heavy atom. The molecule has 0 aliphatic heterocycles. The molecule has 1 rings (SSSR count). The fourth-order valence-electron chi connectivity index (χ4n) is 1.62. The Bertz CT molecular complexity index is 507. The molecule has 0 radical (unpaired) electrons. The lowest BCUT2D eigenvalue weighted by Crippen LogP contribution is -2.45. The highest BCUT2D eigenvalue weighted by Gasteiger charge is 2.09. The van der Waals surface area contributed by atoms with E-state index in [1.165, 1.54) is 6.92 Å². The van der Waals surface area contributed by atoms with Gasteiger partial charge in [-0.1, -0.05) is 6.07 Å². The van der Waals surface area contributed by atoms with Gasteiger partial charge in [0.15, 0.2) is 5.96 Å². The van der Waals surface area contributed by atoms with Crippen molar-refractivity contribution >= 4 is 17.6 Å². The Hall–Kier alpha value is -2.24. The first-order valence-electron chi connectivity index (χ1n) is 6.85. The SMILES string of the molecule is CC(=O)Nc1cccc(OCCN=C(N)NC(C)(C)C)c1. The number of ether oxygens (including phenoxy) is 1. The van der Waals surface area contributed by atoms with Crippen LogP contribution in [0.15, 0.2) is 29.3 Å². The molecule has 1 amide bonds. The van der Waals surface area contributed by atoms with Gasteiger partial charge in [-0.25, -0.2) is 4.99 Å². The van der Waals surface area contributed by atoms with Crippen molar-refractivity contribution in [3.63, 3.8) is 0 Å². The summed E-state index contributed by atoms with van der Waals surface area (Å²) in [7, 11) is 0. The molecule has 6 nitrogen and oxygen atoms in total. The highest BCUT2D eigenvalue weighted by atomic mass is 16.5. The first-order chi connectivity index (χ1) is 9.76. The normalized spacial score (nSPS) is 11.9. The zero-order valence-electron chi connectivity index (χ0n) is 13.1. The van der Waals surface area contributed by atoms with Gasteiger partial charge in [0.05, 0.1) is 6.54 Å². The zero-order valence-corrected chi connectivity index (χ0v) is 13.1. The molecule has 0 aromatic heterocycles. The van der Waals surface area contributed by atoms with E-state index < -0.39 is 0 Å². The lowest BCUT2D eigenvalue weighted by Gasteiger charge is -2.20. The van der Waals surface area contributed by atoms with Crippen LogP contribution in [-0.4, -0.2) is 30.6 Å². The number of rotatable bonds is 5. The molecular formula is C15H24N4O2. The molecule has 0 heterocycles. The minimum atomic E-state index is -0.113. The predicted molar refractivity (Wildman–Crippen MR) is 85.6 cm³/mol. The largest absolute Gasteiger partial charge is 0.492 e. The highest BCUT2D eigenvalue weighted by Crippen LogP contribution is 2.17. The van der Waals surface area contributed by atoms with Gasteiger partial charge >= 0.3 is 0 Å². The van der Waals surface area contributed by atoms with E-state index in [1.54, 1.807) is 12.1 Å². The number of benzene rings is 1. The fraction of sp³-hybridized carbons (Fsp3) is 0.467. The molecule has 0 aliphatic rings. The van der Waals surface area contributed by atoms with Crippen LogP contribution in [0.4, 0.5) is 5.69 Å². The molecule has 0 aliphatic carbocycles. The topological polar surface area (TPSA) is 88.7 Å². The van der Waals surface area contributed by atoms with Gasteiger partial charge in [-0.3, -0.25) is 4.79 Å². The van der Waals surface area contributed by atoms with Crippen molar-refractivity contribution in [2.75, 3.05) is 18.5 Å². The Morgan fingerprint density at radius 1 is 1.38 bits per heavy atom. The third-order valence-corrected chi connectivity index (χ3v) is 2.30. The third-order valence-electron chi connectivity index (χ3n) is 2.30. The van der Waals surface area contributed by atoms with Crippen LogP contribution in [0.1, 0.15) is 27.7 Å². The van der Waals surface area contributed by atoms with E-state index in [0.717, 1.165) is 0 Å². The maximum Gasteiger partial charge on any atom is 0.221 e. The lowest BCUT2D eigenvalue weighted by atomic mass is 10.1. The van der Waals surface area contributed by atoms with E-state index in [-0.39, 0.29) is 11.4 Å². The number of carbonyl (C=O) groups excluding carboxylic acids is 1. The van der Waals surface area contributed by atoms with Gasteiger partial charge in [0, 0.05) is 24.2 Å². The van der Waals surface area contributed by atoms with Crippen molar-refractivity contribution in [2.45, 2.75) is 33.2 Å². The summed E-state index contributed by atoms with van der Waals surface area (Å²) in [5.74, 6) is 0.967. The molecule has 0 saturated carbocycles. The second kappa shape index (κ2) is 7.52. The maximum atomic E-state index is 11.0. The summed E-state index contributed by atoms with van der Waals surface area (Å²) < 4.78 is 5.57. The van der Waals surface area contributed by atoms with E-state index in [4.69, 9.17) is 10.5 Å². The third kappa shape index (κ3) is 7.81. The quantitative estimate of drug-likeness (QED) is 0.438. The molecule has 4 N–H and O–H groups in total. The van der Waals surface area contributed by atoms with Crippen LogP contribution in [0.5, 0.6) is 5.75 Å². The monoisotopic (exact) mass is 292 g/mol. The first kappa shape index (κ1) is 16.8. The van der Waals surface area contributed by atoms with Crippen molar-refractivity contribution in [1.29, 1.82) is 0 Å². The molecule has 1 aromatic rings. The van der Waals surface area contributed by atoms with E-state index in [2.05, 4.69) is 15.6 Å². The van der Waals surface area contributed by atoms with Crippen molar-refractivity contribution in [3.8, 4) is 5.75 Å². The highest BCUT2D eigenvalue weighted by molar-refractivity contribution is 5.88. The zero-order chi connectivity index (χ0) is 15.9. The standard InChI is InChI=1S/C15H24N4O2/c1-11(20)18-12-6-5-7-13(10-12)21-9-8-17-14(16)19-15(2,3)4/h5-7,10H,8-9H2,1-4H3,(H,18,20)(H3,16,17,19). The molecule has 6 heteroatoms. The lowest BCUT2D eigenvalue weighted by molar-refractivity contribution is -0.114. The molecule has 0 saturated heterocycles. The molecular weight excluding hydrogens is 268 g/mol. The number of guanidine groups is 1. The molecule has 0 atom stereocenters. The molecule has 0 fully saturated rings. The van der Waals surface area contributed by atoms with Crippen LogP contribution >= 0.6 is 0 Å². The summed E-state index contributed by atoms with van der Waals surface area (Å²) in [5.41, 5.74) is 6.35. The smallest absolute Gasteiger partial charge is 0.221 e. The van der Waals surface area contributed by atoms with Gasteiger partial charge in [-0.15, -0.1) is 0 Å². The summed E-state index contributed by atoms with van der Waals surface area (Å²) in [5, 5.41) is 5.78. The fourth-order valence-corrected chi connectivity index (χ4v) is 1.62. The average Bonchev–Trinajstić information content (AvgIpc) is 2.32. The molecule has 0 spiro atoms. The second-order valence-corrected chi connectivity index (χ2v) is 5.70. The van der Waals surface area contributed by atoms with Crippen LogP contribution in [0, 0.1) is 0 Å². The number of hydrogen-bond acceptors (Lipinski definition) is 3. The number of nitrogens with two attached hydrogens (primary N) is 1. The summed E-state index contributed by atoms with van der Waals surface area (Å²) in [4.78, 5) is 15.2. The first-order valence-corrected chi connectivity index (χ1v) is 6.85. The summed E-state index contributed by atoms with van der Waals surface area (Å²) in [6, 6.07) is 7.21. The molecule has 1 aromatic carbocycles. The number of anilines is 1. The minimum absolute atomic E-state index is 0.110. The Balaban J connectivity index is 2.42. The van der Waals surface area contributed by atoms with E-state index in [1.807, 2.05) is 32.9 Å². The van der Waals surface area contributed by atoms with Crippen molar-refractivity contribution in [1.82, 2.24) is 5.32 Å². The number of nitrogens with zero attached hydrogens (tertiary/aromatic N) is 1. The van der Waals surface area contributed by atoms with Crippen LogP contribution in [0.2, 0.25) is 0 Å². The maximum absolute atomic E-state index is 11.0. The number of hydrogen-bond donors (Lipinski definition) is 3. The molecule has 0 unspecified atom stereocenters. The molecule has 0 bridgehead atoms. The average molecular weight is 292 g/mol. The van der Waals surface area contributed by atoms with Crippen molar-refractivity contribution in [3.05, 3.63) is 24.3 Å². The van der Waals surface area contributed by atoms with Crippen LogP contribution in [0.25, 0.3) is 0 Å². The van der Waals surface area contributed by atoms with Gasteiger partial charge in [-0.2, -0.15) is 0 Å². The van der Waals surface area contributed by atoms with E-state index in [9.17, 15) is 4.79 Å². The predicted octanol–water partition coefficient (Wildman–Crippen LogP) is 1.73. The van der Waals surface area contributed by atoms with E-state index in [0.29, 0.717) is 30.5 Å². The Kier molecular flexibility index (Phi) is 6.02.